The Morgan fingerprint density at radius 2 is 1.84 bits per heavy atom. The van der Waals surface area contributed by atoms with E-state index in [9.17, 15) is 9.59 Å². The lowest BCUT2D eigenvalue weighted by Crippen LogP contribution is -2.54. The van der Waals surface area contributed by atoms with Crippen molar-refractivity contribution in [2.24, 2.45) is 41.5 Å². The molecular formula is C26H37N2O3+. The zero-order valence-corrected chi connectivity index (χ0v) is 19.2. The van der Waals surface area contributed by atoms with Crippen LogP contribution in [0, 0.1) is 34.5 Å². The average molecular weight is 426 g/mol. The van der Waals surface area contributed by atoms with Crippen LogP contribution < -0.4 is 9.88 Å². The van der Waals surface area contributed by atoms with E-state index < -0.39 is 0 Å². The number of Topliss-reactive ketones (excluding diaryl/α,β-unsaturated/α-hetero) is 1. The second-order valence-corrected chi connectivity index (χ2v) is 11.3. The Kier molecular flexibility index (Phi) is 5.14. The number of pyridine rings is 1. The molecule has 1 amide bonds. The molecule has 5 nitrogen and oxygen atoms in total. The van der Waals surface area contributed by atoms with E-state index >= 15 is 0 Å². The van der Waals surface area contributed by atoms with Gasteiger partial charge in [-0.05, 0) is 80.5 Å². The highest BCUT2D eigenvalue weighted by atomic mass is 16.6. The molecule has 4 aliphatic rings. The number of hydrogen-bond donors (Lipinski definition) is 1. The first-order valence-electron chi connectivity index (χ1n) is 12.3. The van der Waals surface area contributed by atoms with E-state index in [1.54, 1.807) is 0 Å². The maximum atomic E-state index is 12.6. The van der Waals surface area contributed by atoms with E-state index in [4.69, 9.17) is 4.74 Å². The highest BCUT2D eigenvalue weighted by Crippen LogP contribution is 2.65. The molecule has 0 spiro atoms. The van der Waals surface area contributed by atoms with Crippen molar-refractivity contribution in [3.8, 4) is 0 Å². The van der Waals surface area contributed by atoms with Crippen molar-refractivity contribution in [2.45, 2.75) is 77.7 Å². The van der Waals surface area contributed by atoms with Crippen LogP contribution in [0.15, 0.2) is 24.5 Å². The predicted molar refractivity (Wildman–Crippen MR) is 118 cm³/mol. The lowest BCUT2D eigenvalue weighted by atomic mass is 9.45. The van der Waals surface area contributed by atoms with Crippen LogP contribution in [0.4, 0.5) is 10.5 Å². The molecule has 0 aromatic carbocycles. The van der Waals surface area contributed by atoms with Gasteiger partial charge in [0.2, 0.25) is 0 Å². The zero-order valence-electron chi connectivity index (χ0n) is 19.2. The highest BCUT2D eigenvalue weighted by Gasteiger charge is 2.60. The Hall–Kier alpha value is -1.91. The number of ketones is 1. The molecule has 4 aliphatic carbocycles. The summed E-state index contributed by atoms with van der Waals surface area (Å²) in [4.78, 5) is 25.1. The van der Waals surface area contributed by atoms with Gasteiger partial charge in [-0.3, -0.25) is 10.1 Å². The van der Waals surface area contributed by atoms with Crippen LogP contribution in [-0.4, -0.2) is 18.0 Å². The summed E-state index contributed by atoms with van der Waals surface area (Å²) < 4.78 is 7.79. The molecule has 1 aromatic rings. The number of ether oxygens (including phenoxy) is 1. The van der Waals surface area contributed by atoms with Gasteiger partial charge in [-0.25, -0.2) is 9.36 Å². The molecule has 0 unspecified atom stereocenters. The summed E-state index contributed by atoms with van der Waals surface area (Å²) in [5.41, 5.74) is 1.05. The van der Waals surface area contributed by atoms with Gasteiger partial charge in [-0.2, -0.15) is 0 Å². The molecule has 168 valence electrons. The maximum Gasteiger partial charge on any atom is 0.411 e. The minimum Gasteiger partial charge on any atom is -0.446 e. The quantitative estimate of drug-likeness (QED) is 0.675. The summed E-state index contributed by atoms with van der Waals surface area (Å²) in [6.07, 6.45) is 13.2. The fourth-order valence-corrected chi connectivity index (χ4v) is 7.98. The summed E-state index contributed by atoms with van der Waals surface area (Å²) >= 11 is 0. The summed E-state index contributed by atoms with van der Waals surface area (Å²) in [6, 6.07) is 3.76. The number of aromatic nitrogens is 1. The van der Waals surface area contributed by atoms with Crippen LogP contribution in [0.2, 0.25) is 0 Å². The number of rotatable bonds is 2. The molecule has 31 heavy (non-hydrogen) atoms. The van der Waals surface area contributed by atoms with Crippen LogP contribution in [0.3, 0.4) is 0 Å². The van der Waals surface area contributed by atoms with Crippen LogP contribution >= 0.6 is 0 Å². The Morgan fingerprint density at radius 3 is 2.61 bits per heavy atom. The minimum atomic E-state index is -0.339. The molecule has 5 heteroatoms. The zero-order chi connectivity index (χ0) is 21.8. The van der Waals surface area contributed by atoms with E-state index in [-0.39, 0.29) is 17.6 Å². The van der Waals surface area contributed by atoms with Crippen LogP contribution in [0.5, 0.6) is 0 Å². The fourth-order valence-electron chi connectivity index (χ4n) is 7.98. The molecule has 0 bridgehead atoms. The van der Waals surface area contributed by atoms with Crippen LogP contribution in [0.25, 0.3) is 0 Å². The first-order chi connectivity index (χ1) is 14.8. The number of fused-ring (bicyclic) bond motifs is 5. The van der Waals surface area contributed by atoms with E-state index in [2.05, 4.69) is 19.2 Å². The third-order valence-corrected chi connectivity index (χ3v) is 9.83. The number of anilines is 1. The van der Waals surface area contributed by atoms with Crippen molar-refractivity contribution < 1.29 is 18.9 Å². The number of hydrogen-bond acceptors (Lipinski definition) is 3. The van der Waals surface area contributed by atoms with Gasteiger partial charge in [0.15, 0.2) is 12.4 Å². The fraction of sp³-hybridized carbons (Fsp3) is 0.731. The van der Waals surface area contributed by atoms with Crippen molar-refractivity contribution in [1.82, 2.24) is 0 Å². The van der Waals surface area contributed by atoms with E-state index in [0.717, 1.165) is 50.1 Å². The Labute approximate surface area is 185 Å². The molecule has 5 rings (SSSR count). The number of carbonyl (C=O) groups excluding carboxylic acids is 2. The number of nitrogens with zero attached hydrogens (tertiary/aromatic N) is 1. The Bertz CT molecular complexity index is 868. The summed E-state index contributed by atoms with van der Waals surface area (Å²) in [6.45, 7) is 4.77. The second kappa shape index (κ2) is 7.60. The predicted octanol–water partition coefficient (Wildman–Crippen LogP) is 5.04. The summed E-state index contributed by atoms with van der Waals surface area (Å²) in [7, 11) is 1.95. The lowest BCUT2D eigenvalue weighted by molar-refractivity contribution is -0.671. The number of carbonyl (C=O) groups is 2. The summed E-state index contributed by atoms with van der Waals surface area (Å²) in [5, 5.41) is 2.87. The smallest absolute Gasteiger partial charge is 0.411 e. The van der Waals surface area contributed by atoms with Gasteiger partial charge < -0.3 is 4.74 Å². The number of aryl methyl sites for hydroxylation is 1. The molecule has 0 radical (unpaired) electrons. The van der Waals surface area contributed by atoms with Gasteiger partial charge in [0.05, 0.1) is 5.69 Å². The third-order valence-electron chi connectivity index (χ3n) is 9.83. The molecule has 4 fully saturated rings. The monoisotopic (exact) mass is 425 g/mol. The number of amides is 1. The SMILES string of the molecule is C[n+]1ccc(NC(=O)O[C@@H]2CC[C@@]3(C)[C@H](CC[C@@H]4[C@@H]3CC[C@]3(C)C(=O)CC[C@@H]43)C2)cc1. The third kappa shape index (κ3) is 3.48. The van der Waals surface area contributed by atoms with Gasteiger partial charge in [-0.15, -0.1) is 0 Å². The van der Waals surface area contributed by atoms with Crippen LogP contribution in [0.1, 0.15) is 71.6 Å². The molecule has 1 aromatic heterocycles. The number of nitrogens with one attached hydrogen (secondary N) is 1. The van der Waals surface area contributed by atoms with Gasteiger partial charge in [-0.1, -0.05) is 13.8 Å². The first-order valence-corrected chi connectivity index (χ1v) is 12.3. The van der Waals surface area contributed by atoms with Crippen molar-refractivity contribution in [3.05, 3.63) is 24.5 Å². The normalized spacial score (nSPS) is 41.6. The molecule has 4 saturated carbocycles. The van der Waals surface area contributed by atoms with E-state index in [1.807, 2.05) is 36.1 Å². The topological polar surface area (TPSA) is 59.3 Å². The van der Waals surface area contributed by atoms with Crippen molar-refractivity contribution in [3.63, 3.8) is 0 Å². The Morgan fingerprint density at radius 1 is 1.06 bits per heavy atom. The molecule has 1 N–H and O–H groups in total. The average Bonchev–Trinajstić information content (AvgIpc) is 3.05. The largest absolute Gasteiger partial charge is 0.446 e. The molecular weight excluding hydrogens is 388 g/mol. The van der Waals surface area contributed by atoms with Gasteiger partial charge in [0, 0.05) is 24.0 Å². The minimum absolute atomic E-state index is 0.0105. The second-order valence-electron chi connectivity index (χ2n) is 11.3. The van der Waals surface area contributed by atoms with Gasteiger partial charge in [0.1, 0.15) is 18.9 Å². The standard InChI is InChI=1S/C26H36N2O3/c1-25-12-8-19(31-24(30)27-18-10-14-28(3)15-11-18)16-17(25)4-5-20-21-6-7-23(29)26(21,2)13-9-22(20)25/h10-11,14-15,17,19-22H,4-9,12-13,16H2,1-3H3/p+1/t17-,19-,20+,21+,22+,25+,26+/m1/s1. The summed E-state index contributed by atoms with van der Waals surface area (Å²) in [5.74, 6) is 3.20. The van der Waals surface area contributed by atoms with E-state index in [1.165, 1.54) is 19.3 Å². The molecule has 0 saturated heterocycles. The maximum absolute atomic E-state index is 12.6. The van der Waals surface area contributed by atoms with Gasteiger partial charge in [0.25, 0.3) is 0 Å². The lowest BCUT2D eigenvalue weighted by Gasteiger charge is -2.60. The van der Waals surface area contributed by atoms with Gasteiger partial charge >= 0.3 is 6.09 Å². The van der Waals surface area contributed by atoms with Crippen molar-refractivity contribution >= 4 is 17.6 Å². The Balaban J connectivity index is 1.23. The van der Waals surface area contributed by atoms with Crippen molar-refractivity contribution in [2.75, 3.05) is 5.32 Å². The molecule has 1 heterocycles. The first kappa shape index (κ1) is 21.0. The molecule has 7 atom stereocenters. The molecule has 0 aliphatic heterocycles. The van der Waals surface area contributed by atoms with Crippen molar-refractivity contribution in [1.29, 1.82) is 0 Å². The van der Waals surface area contributed by atoms with E-state index in [0.29, 0.717) is 29.0 Å². The van der Waals surface area contributed by atoms with Crippen LogP contribution in [-0.2, 0) is 16.6 Å². The highest BCUT2D eigenvalue weighted by molar-refractivity contribution is 5.87.